The van der Waals surface area contributed by atoms with Crippen molar-refractivity contribution in [3.05, 3.63) is 30.1 Å². The third-order valence-corrected chi connectivity index (χ3v) is 3.59. The second-order valence-electron chi connectivity index (χ2n) is 4.99. The summed E-state index contributed by atoms with van der Waals surface area (Å²) in [7, 11) is 0. The van der Waals surface area contributed by atoms with Crippen LogP contribution < -0.4 is 0 Å². The predicted octanol–water partition coefficient (Wildman–Crippen LogP) is 2.37. The lowest BCUT2D eigenvalue weighted by Crippen LogP contribution is -2.36. The number of Topliss-reactive ketones (excluding diaryl/α,β-unsaturated/α-hetero) is 1. The number of hydrogen-bond donors (Lipinski definition) is 1. The van der Waals surface area contributed by atoms with Gasteiger partial charge in [-0.15, -0.1) is 0 Å². The van der Waals surface area contributed by atoms with Crippen LogP contribution in [-0.2, 0) is 11.2 Å². The number of H-pyrrole nitrogens is 1. The van der Waals surface area contributed by atoms with E-state index in [1.807, 2.05) is 24.3 Å². The van der Waals surface area contributed by atoms with Crippen LogP contribution in [0.1, 0.15) is 25.1 Å². The number of nitrogens with zero attached hydrogens (tertiary/aromatic N) is 2. The van der Waals surface area contributed by atoms with Crippen LogP contribution >= 0.6 is 0 Å². The Labute approximate surface area is 105 Å². The number of nitrogens with one attached hydrogen (secondary N) is 1. The van der Waals surface area contributed by atoms with Crippen LogP contribution in [0.5, 0.6) is 0 Å². The number of imidazole rings is 1. The zero-order valence-corrected chi connectivity index (χ0v) is 9.94. The third kappa shape index (κ3) is 1.78. The van der Waals surface area contributed by atoms with Gasteiger partial charge in [-0.25, -0.2) is 4.98 Å². The summed E-state index contributed by atoms with van der Waals surface area (Å²) in [6.45, 7) is 0. The Morgan fingerprint density at radius 3 is 2.83 bits per heavy atom. The number of carbonyl (C=O) groups excluding carboxylic acids is 1. The lowest BCUT2D eigenvalue weighted by atomic mass is 9.66. The maximum absolute atomic E-state index is 11.1. The summed E-state index contributed by atoms with van der Waals surface area (Å²) in [6, 6.07) is 10.1. The molecule has 1 fully saturated rings. The first-order valence-corrected chi connectivity index (χ1v) is 6.07. The molecule has 90 valence electrons. The molecule has 0 atom stereocenters. The van der Waals surface area contributed by atoms with E-state index in [0.717, 1.165) is 23.3 Å². The predicted molar refractivity (Wildman–Crippen MR) is 66.7 cm³/mol. The molecule has 18 heavy (non-hydrogen) atoms. The second kappa shape index (κ2) is 3.95. The van der Waals surface area contributed by atoms with Gasteiger partial charge in [0, 0.05) is 19.3 Å². The first kappa shape index (κ1) is 11.0. The van der Waals surface area contributed by atoms with Crippen molar-refractivity contribution >= 4 is 16.8 Å². The highest BCUT2D eigenvalue weighted by Crippen LogP contribution is 2.41. The molecule has 1 aliphatic carbocycles. The Bertz CT molecular complexity index is 609. The van der Waals surface area contributed by atoms with E-state index < -0.39 is 5.41 Å². The maximum Gasteiger partial charge on any atom is 0.136 e. The van der Waals surface area contributed by atoms with Gasteiger partial charge in [-0.1, -0.05) is 12.1 Å². The summed E-state index contributed by atoms with van der Waals surface area (Å²) in [6.07, 6.45) is 2.23. The van der Waals surface area contributed by atoms with Gasteiger partial charge in [0.2, 0.25) is 0 Å². The van der Waals surface area contributed by atoms with Crippen molar-refractivity contribution in [3.63, 3.8) is 0 Å². The van der Waals surface area contributed by atoms with Crippen LogP contribution in [0.3, 0.4) is 0 Å². The summed E-state index contributed by atoms with van der Waals surface area (Å²) in [5.41, 5.74) is 1.53. The molecule has 1 saturated carbocycles. The SMILES string of the molecule is N#CC1(CCc2nc3ccccc3[nH]2)CC(=O)C1. The first-order valence-electron chi connectivity index (χ1n) is 6.07. The molecule has 3 rings (SSSR count). The molecule has 1 aromatic heterocycles. The minimum absolute atomic E-state index is 0.196. The number of hydrogen-bond acceptors (Lipinski definition) is 3. The number of para-hydroxylation sites is 2. The summed E-state index contributed by atoms with van der Waals surface area (Å²) in [4.78, 5) is 18.8. The van der Waals surface area contributed by atoms with Gasteiger partial charge in [-0.05, 0) is 18.6 Å². The van der Waals surface area contributed by atoms with Crippen molar-refractivity contribution in [2.45, 2.75) is 25.7 Å². The first-order chi connectivity index (χ1) is 8.71. The zero-order valence-electron chi connectivity index (χ0n) is 9.94. The third-order valence-electron chi connectivity index (χ3n) is 3.59. The molecule has 0 bridgehead atoms. The highest BCUT2D eigenvalue weighted by Gasteiger charge is 2.43. The van der Waals surface area contributed by atoms with Crippen molar-refractivity contribution < 1.29 is 4.79 Å². The minimum Gasteiger partial charge on any atom is -0.342 e. The van der Waals surface area contributed by atoms with Gasteiger partial charge in [0.15, 0.2) is 0 Å². The topological polar surface area (TPSA) is 69.5 Å². The standard InChI is InChI=1S/C14H13N3O/c15-9-14(7-10(18)8-14)6-5-13-16-11-3-1-2-4-12(11)17-13/h1-4H,5-8H2,(H,16,17). The number of benzene rings is 1. The van der Waals surface area contributed by atoms with E-state index in [0.29, 0.717) is 19.3 Å². The molecular formula is C14H13N3O. The average molecular weight is 239 g/mol. The highest BCUT2D eigenvalue weighted by atomic mass is 16.1. The number of aryl methyl sites for hydroxylation is 1. The van der Waals surface area contributed by atoms with Crippen LogP contribution in [-0.4, -0.2) is 15.8 Å². The van der Waals surface area contributed by atoms with Crippen molar-refractivity contribution in [1.29, 1.82) is 5.26 Å². The van der Waals surface area contributed by atoms with E-state index >= 15 is 0 Å². The number of carbonyl (C=O) groups is 1. The molecule has 0 aliphatic heterocycles. The van der Waals surface area contributed by atoms with E-state index in [2.05, 4.69) is 16.0 Å². The van der Waals surface area contributed by atoms with Gasteiger partial charge in [-0.2, -0.15) is 5.26 Å². The number of fused-ring (bicyclic) bond motifs is 1. The summed E-state index contributed by atoms with van der Waals surface area (Å²) in [5.74, 6) is 1.09. The Hall–Kier alpha value is -2.15. The molecule has 0 amide bonds. The summed E-state index contributed by atoms with van der Waals surface area (Å²) in [5, 5.41) is 9.14. The largest absolute Gasteiger partial charge is 0.342 e. The molecule has 4 nitrogen and oxygen atoms in total. The summed E-state index contributed by atoms with van der Waals surface area (Å²) < 4.78 is 0. The molecule has 4 heteroatoms. The molecule has 0 spiro atoms. The Morgan fingerprint density at radius 2 is 2.17 bits per heavy atom. The smallest absolute Gasteiger partial charge is 0.136 e. The average Bonchev–Trinajstić information content (AvgIpc) is 2.75. The number of aromatic amines is 1. The molecule has 0 unspecified atom stereocenters. The van der Waals surface area contributed by atoms with Crippen molar-refractivity contribution in [3.8, 4) is 6.07 Å². The second-order valence-corrected chi connectivity index (χ2v) is 4.99. The van der Waals surface area contributed by atoms with Gasteiger partial charge >= 0.3 is 0 Å². The van der Waals surface area contributed by atoms with Crippen molar-refractivity contribution in [2.75, 3.05) is 0 Å². The number of rotatable bonds is 3. The van der Waals surface area contributed by atoms with E-state index in [1.165, 1.54) is 0 Å². The molecule has 1 aliphatic rings. The molecule has 2 aromatic rings. The van der Waals surface area contributed by atoms with Crippen LogP contribution in [0.25, 0.3) is 11.0 Å². The highest BCUT2D eigenvalue weighted by molar-refractivity contribution is 5.87. The van der Waals surface area contributed by atoms with E-state index in [4.69, 9.17) is 5.26 Å². The monoisotopic (exact) mass is 239 g/mol. The van der Waals surface area contributed by atoms with Gasteiger partial charge in [0.25, 0.3) is 0 Å². The van der Waals surface area contributed by atoms with E-state index in [1.54, 1.807) is 0 Å². The fourth-order valence-electron chi connectivity index (χ4n) is 2.50. The maximum atomic E-state index is 11.1. The molecule has 0 saturated heterocycles. The lowest BCUT2D eigenvalue weighted by molar-refractivity contribution is -0.130. The molecule has 1 N–H and O–H groups in total. The summed E-state index contributed by atoms with van der Waals surface area (Å²) >= 11 is 0. The fraction of sp³-hybridized carbons (Fsp3) is 0.357. The molecule has 0 radical (unpaired) electrons. The zero-order chi connectivity index (χ0) is 12.6. The quantitative estimate of drug-likeness (QED) is 0.893. The van der Waals surface area contributed by atoms with Gasteiger partial charge in [0.05, 0.1) is 22.5 Å². The van der Waals surface area contributed by atoms with Crippen molar-refractivity contribution in [2.24, 2.45) is 5.41 Å². The van der Waals surface area contributed by atoms with Crippen molar-refractivity contribution in [1.82, 2.24) is 9.97 Å². The van der Waals surface area contributed by atoms with Gasteiger partial charge in [-0.3, -0.25) is 4.79 Å². The molecule has 1 aromatic carbocycles. The van der Waals surface area contributed by atoms with Crippen LogP contribution in [0.15, 0.2) is 24.3 Å². The van der Waals surface area contributed by atoms with Crippen LogP contribution in [0, 0.1) is 16.7 Å². The van der Waals surface area contributed by atoms with Crippen LogP contribution in [0.2, 0.25) is 0 Å². The number of ketones is 1. The number of nitriles is 1. The normalized spacial score (nSPS) is 17.4. The minimum atomic E-state index is -0.434. The molecule has 1 heterocycles. The Kier molecular flexibility index (Phi) is 2.41. The van der Waals surface area contributed by atoms with E-state index in [-0.39, 0.29) is 5.78 Å². The van der Waals surface area contributed by atoms with Crippen LogP contribution in [0.4, 0.5) is 0 Å². The van der Waals surface area contributed by atoms with Gasteiger partial charge < -0.3 is 4.98 Å². The fourth-order valence-corrected chi connectivity index (χ4v) is 2.50. The number of aromatic nitrogens is 2. The Balaban J connectivity index is 1.73. The Morgan fingerprint density at radius 1 is 1.39 bits per heavy atom. The van der Waals surface area contributed by atoms with E-state index in [9.17, 15) is 4.79 Å². The molecular weight excluding hydrogens is 226 g/mol. The van der Waals surface area contributed by atoms with Gasteiger partial charge in [0.1, 0.15) is 11.6 Å². The lowest BCUT2D eigenvalue weighted by Gasteiger charge is -2.33.